The Morgan fingerprint density at radius 1 is 1.16 bits per heavy atom. The van der Waals surface area contributed by atoms with E-state index in [1.807, 2.05) is 0 Å². The maximum Gasteiger partial charge on any atom is 0.326 e. The van der Waals surface area contributed by atoms with E-state index in [9.17, 15) is 14.7 Å². The van der Waals surface area contributed by atoms with Crippen LogP contribution in [0.1, 0.15) is 57.8 Å². The van der Waals surface area contributed by atoms with E-state index in [-0.39, 0.29) is 5.91 Å². The number of rotatable bonds is 3. The molecule has 2 rings (SSSR count). The van der Waals surface area contributed by atoms with Gasteiger partial charge in [-0.15, -0.1) is 0 Å². The molecule has 1 heterocycles. The molecule has 2 fully saturated rings. The zero-order valence-electron chi connectivity index (χ0n) is 11.4. The van der Waals surface area contributed by atoms with E-state index >= 15 is 0 Å². The number of carbonyl (C=O) groups excluding carboxylic acids is 1. The van der Waals surface area contributed by atoms with E-state index in [1.54, 1.807) is 4.90 Å². The van der Waals surface area contributed by atoms with Crippen LogP contribution in [0.3, 0.4) is 0 Å². The zero-order chi connectivity index (χ0) is 13.9. The summed E-state index contributed by atoms with van der Waals surface area (Å²) in [4.78, 5) is 25.3. The number of carboxylic acids is 1. The van der Waals surface area contributed by atoms with Gasteiger partial charge in [-0.1, -0.05) is 25.7 Å². The standard InChI is InChI=1S/C14H24N2O3/c15-14(7-3-4-8-14)10-12(17)16-9-5-1-2-6-11(16)13(18)19/h11H,1-10,15H2,(H,18,19). The van der Waals surface area contributed by atoms with Gasteiger partial charge < -0.3 is 15.7 Å². The Morgan fingerprint density at radius 2 is 1.84 bits per heavy atom. The van der Waals surface area contributed by atoms with E-state index in [0.717, 1.165) is 44.9 Å². The predicted molar refractivity (Wildman–Crippen MR) is 71.6 cm³/mol. The van der Waals surface area contributed by atoms with Crippen molar-refractivity contribution < 1.29 is 14.7 Å². The minimum atomic E-state index is -0.882. The topological polar surface area (TPSA) is 83.6 Å². The number of nitrogens with two attached hydrogens (primary N) is 1. The zero-order valence-corrected chi connectivity index (χ0v) is 11.4. The fraction of sp³-hybridized carbons (Fsp3) is 0.857. The summed E-state index contributed by atoms with van der Waals surface area (Å²) in [5.41, 5.74) is 5.84. The molecule has 1 amide bonds. The summed E-state index contributed by atoms with van der Waals surface area (Å²) < 4.78 is 0. The van der Waals surface area contributed by atoms with Gasteiger partial charge >= 0.3 is 5.97 Å². The van der Waals surface area contributed by atoms with Crippen LogP contribution in [0, 0.1) is 0 Å². The molecule has 3 N–H and O–H groups in total. The smallest absolute Gasteiger partial charge is 0.326 e. The van der Waals surface area contributed by atoms with E-state index < -0.39 is 17.6 Å². The van der Waals surface area contributed by atoms with Gasteiger partial charge in [0.2, 0.25) is 5.91 Å². The van der Waals surface area contributed by atoms with Crippen molar-refractivity contribution in [2.75, 3.05) is 6.54 Å². The van der Waals surface area contributed by atoms with Gasteiger partial charge in [-0.05, 0) is 25.7 Å². The lowest BCUT2D eigenvalue weighted by Crippen LogP contribution is -2.49. The summed E-state index contributed by atoms with van der Waals surface area (Å²) in [6.07, 6.45) is 7.56. The number of carboxylic acid groups (broad SMARTS) is 1. The fourth-order valence-electron chi connectivity index (χ4n) is 3.32. The van der Waals surface area contributed by atoms with Crippen LogP contribution in [0.5, 0.6) is 0 Å². The fourth-order valence-corrected chi connectivity index (χ4v) is 3.32. The normalized spacial score (nSPS) is 27.0. The van der Waals surface area contributed by atoms with Crippen LogP contribution in [-0.4, -0.2) is 40.0 Å². The molecule has 0 aromatic rings. The van der Waals surface area contributed by atoms with Crippen molar-refractivity contribution in [2.45, 2.75) is 69.4 Å². The Hall–Kier alpha value is -1.10. The van der Waals surface area contributed by atoms with Crippen molar-refractivity contribution in [1.29, 1.82) is 0 Å². The molecule has 5 nitrogen and oxygen atoms in total. The summed E-state index contributed by atoms with van der Waals surface area (Å²) >= 11 is 0. The first-order valence-electron chi connectivity index (χ1n) is 7.33. The SMILES string of the molecule is NC1(CC(=O)N2CCCCCC2C(=O)O)CCCC1. The highest BCUT2D eigenvalue weighted by molar-refractivity contribution is 5.84. The van der Waals surface area contributed by atoms with E-state index in [1.165, 1.54) is 0 Å². The molecule has 1 aliphatic carbocycles. The summed E-state index contributed by atoms with van der Waals surface area (Å²) in [7, 11) is 0. The van der Waals surface area contributed by atoms with Crippen LogP contribution in [0.25, 0.3) is 0 Å². The van der Waals surface area contributed by atoms with Gasteiger partial charge in [0.15, 0.2) is 0 Å². The first-order chi connectivity index (χ1) is 9.02. The van der Waals surface area contributed by atoms with E-state index in [0.29, 0.717) is 19.4 Å². The summed E-state index contributed by atoms with van der Waals surface area (Å²) in [6, 6.07) is -0.653. The minimum absolute atomic E-state index is 0.0706. The number of likely N-dealkylation sites (tertiary alicyclic amines) is 1. The molecule has 1 saturated heterocycles. The van der Waals surface area contributed by atoms with Gasteiger partial charge in [0.25, 0.3) is 0 Å². The quantitative estimate of drug-likeness (QED) is 0.812. The molecule has 5 heteroatoms. The van der Waals surface area contributed by atoms with E-state index in [4.69, 9.17) is 5.73 Å². The van der Waals surface area contributed by atoms with Crippen LogP contribution in [-0.2, 0) is 9.59 Å². The molecule has 108 valence electrons. The third-order valence-corrected chi connectivity index (χ3v) is 4.46. The monoisotopic (exact) mass is 268 g/mol. The maximum absolute atomic E-state index is 12.4. The molecular formula is C14H24N2O3. The van der Waals surface area contributed by atoms with Gasteiger partial charge in [0.1, 0.15) is 6.04 Å². The van der Waals surface area contributed by atoms with Gasteiger partial charge in [0, 0.05) is 18.5 Å². The summed E-state index contributed by atoms with van der Waals surface area (Å²) in [5.74, 6) is -0.952. The Balaban J connectivity index is 2.03. The second-order valence-corrected chi connectivity index (χ2v) is 6.04. The largest absolute Gasteiger partial charge is 0.480 e. The van der Waals surface area contributed by atoms with Gasteiger partial charge in [-0.25, -0.2) is 4.79 Å². The number of hydrogen-bond donors (Lipinski definition) is 2. The molecule has 0 aromatic heterocycles. The molecular weight excluding hydrogens is 244 g/mol. The number of aliphatic carboxylic acids is 1. The summed E-state index contributed by atoms with van der Waals surface area (Å²) in [5, 5.41) is 9.28. The molecule has 1 aliphatic heterocycles. The number of nitrogens with zero attached hydrogens (tertiary/aromatic N) is 1. The molecule has 1 unspecified atom stereocenters. The van der Waals surface area contributed by atoms with Crippen LogP contribution in [0.15, 0.2) is 0 Å². The Morgan fingerprint density at radius 3 is 2.47 bits per heavy atom. The van der Waals surface area contributed by atoms with Crippen molar-refractivity contribution in [2.24, 2.45) is 5.73 Å². The second kappa shape index (κ2) is 5.90. The van der Waals surface area contributed by atoms with Crippen LogP contribution >= 0.6 is 0 Å². The lowest BCUT2D eigenvalue weighted by atomic mass is 9.93. The third kappa shape index (κ3) is 3.47. The molecule has 0 bridgehead atoms. The van der Waals surface area contributed by atoms with Crippen molar-refractivity contribution in [3.63, 3.8) is 0 Å². The predicted octanol–water partition coefficient (Wildman–Crippen LogP) is 1.50. The highest BCUT2D eigenvalue weighted by atomic mass is 16.4. The van der Waals surface area contributed by atoms with Crippen LogP contribution in [0.2, 0.25) is 0 Å². The van der Waals surface area contributed by atoms with Gasteiger partial charge in [0.05, 0.1) is 0 Å². The number of amides is 1. The molecule has 19 heavy (non-hydrogen) atoms. The number of hydrogen-bond acceptors (Lipinski definition) is 3. The second-order valence-electron chi connectivity index (χ2n) is 6.04. The molecule has 0 aromatic carbocycles. The van der Waals surface area contributed by atoms with Crippen LogP contribution in [0.4, 0.5) is 0 Å². The lowest BCUT2D eigenvalue weighted by molar-refractivity contribution is -0.150. The van der Waals surface area contributed by atoms with Gasteiger partial charge in [-0.3, -0.25) is 4.79 Å². The molecule has 1 atom stereocenters. The maximum atomic E-state index is 12.4. The Bertz CT molecular complexity index is 351. The summed E-state index contributed by atoms with van der Waals surface area (Å²) in [6.45, 7) is 0.561. The van der Waals surface area contributed by atoms with Crippen LogP contribution < -0.4 is 5.73 Å². The third-order valence-electron chi connectivity index (χ3n) is 4.46. The van der Waals surface area contributed by atoms with E-state index in [2.05, 4.69) is 0 Å². The lowest BCUT2D eigenvalue weighted by Gasteiger charge is -2.31. The minimum Gasteiger partial charge on any atom is -0.480 e. The highest BCUT2D eigenvalue weighted by Crippen LogP contribution is 2.31. The molecule has 0 radical (unpaired) electrons. The first-order valence-corrected chi connectivity index (χ1v) is 7.33. The van der Waals surface area contributed by atoms with Gasteiger partial charge in [-0.2, -0.15) is 0 Å². The average Bonchev–Trinajstić information content (AvgIpc) is 2.65. The van der Waals surface area contributed by atoms with Crippen molar-refractivity contribution in [3.05, 3.63) is 0 Å². The average molecular weight is 268 g/mol. The highest BCUT2D eigenvalue weighted by Gasteiger charge is 2.37. The molecule has 1 saturated carbocycles. The Labute approximate surface area is 114 Å². The van der Waals surface area contributed by atoms with Crippen molar-refractivity contribution in [1.82, 2.24) is 4.90 Å². The number of carbonyl (C=O) groups is 2. The first kappa shape index (κ1) is 14.3. The molecule has 2 aliphatic rings. The van der Waals surface area contributed by atoms with Crippen molar-refractivity contribution >= 4 is 11.9 Å². The Kier molecular flexibility index (Phi) is 4.45. The molecule has 0 spiro atoms. The van der Waals surface area contributed by atoms with Crippen molar-refractivity contribution in [3.8, 4) is 0 Å².